The first-order chi connectivity index (χ1) is 16.6. The van der Waals surface area contributed by atoms with Gasteiger partial charge in [-0.2, -0.15) is 0 Å². The van der Waals surface area contributed by atoms with Crippen LogP contribution in [0, 0.1) is 0 Å². The molecule has 0 radical (unpaired) electrons. The molecule has 2 aromatic carbocycles. The number of hydrogen-bond donors (Lipinski definition) is 0. The number of hydrogen-bond acceptors (Lipinski definition) is 7. The first-order valence-electron chi connectivity index (χ1n) is 11.3. The molecule has 8 heteroatoms. The number of benzene rings is 2. The summed E-state index contributed by atoms with van der Waals surface area (Å²) in [5, 5.41) is 0.828. The molecule has 34 heavy (non-hydrogen) atoms. The minimum absolute atomic E-state index is 0.144. The fourth-order valence-corrected chi connectivity index (χ4v) is 4.40. The lowest BCUT2D eigenvalue weighted by Gasteiger charge is -2.26. The van der Waals surface area contributed by atoms with Crippen LogP contribution in [-0.2, 0) is 11.3 Å². The zero-order chi connectivity index (χ0) is 23.5. The Morgan fingerprint density at radius 3 is 2.26 bits per heavy atom. The lowest BCUT2D eigenvalue weighted by molar-refractivity contribution is 0.0369. The first-order valence-corrected chi connectivity index (χ1v) is 11.3. The Kier molecular flexibility index (Phi) is 6.24. The Bertz CT molecular complexity index is 1530. The Labute approximate surface area is 194 Å². The summed E-state index contributed by atoms with van der Waals surface area (Å²) in [5.41, 5.74) is -0.120. The van der Waals surface area contributed by atoms with Gasteiger partial charge in [0.15, 0.2) is 0 Å². The Morgan fingerprint density at radius 1 is 0.765 bits per heavy atom. The monoisotopic (exact) mass is 460 g/mol. The molecule has 0 spiro atoms. The summed E-state index contributed by atoms with van der Waals surface area (Å²) in [4.78, 5) is 40.8. The van der Waals surface area contributed by atoms with E-state index < -0.39 is 11.3 Å². The van der Waals surface area contributed by atoms with Gasteiger partial charge in [-0.25, -0.2) is 9.59 Å². The van der Waals surface area contributed by atoms with Gasteiger partial charge in [-0.1, -0.05) is 36.4 Å². The highest BCUT2D eigenvalue weighted by Crippen LogP contribution is 2.33. The summed E-state index contributed by atoms with van der Waals surface area (Å²) in [7, 11) is 0. The molecule has 174 valence electrons. The molecule has 1 aliphatic rings. The molecule has 5 rings (SSSR count). The van der Waals surface area contributed by atoms with E-state index in [1.807, 2.05) is 30.3 Å². The number of rotatable bonds is 5. The molecule has 4 aromatic rings. The number of ether oxygens (including phenoxy) is 1. The molecule has 0 amide bonds. The molecule has 1 saturated heterocycles. The molecule has 1 aliphatic heterocycles. The zero-order valence-electron chi connectivity index (χ0n) is 18.6. The normalized spacial score (nSPS) is 14.5. The van der Waals surface area contributed by atoms with Crippen LogP contribution >= 0.6 is 0 Å². The summed E-state index contributed by atoms with van der Waals surface area (Å²) >= 11 is 0. The van der Waals surface area contributed by atoms with Crippen molar-refractivity contribution in [3.8, 4) is 11.1 Å². The Morgan fingerprint density at radius 2 is 1.50 bits per heavy atom. The van der Waals surface area contributed by atoms with Crippen LogP contribution in [0.5, 0.6) is 0 Å². The predicted octanol–water partition coefficient (Wildman–Crippen LogP) is 3.01. The van der Waals surface area contributed by atoms with E-state index in [9.17, 15) is 14.4 Å². The van der Waals surface area contributed by atoms with Gasteiger partial charge in [0.1, 0.15) is 5.58 Å². The Hall–Kier alpha value is -3.75. The number of aromatic nitrogens is 1. The topological polar surface area (TPSA) is 94.9 Å². The van der Waals surface area contributed by atoms with E-state index in [4.69, 9.17) is 13.6 Å². The van der Waals surface area contributed by atoms with Crippen LogP contribution in [0.25, 0.3) is 33.2 Å². The van der Waals surface area contributed by atoms with Crippen molar-refractivity contribution in [2.75, 3.05) is 32.8 Å². The lowest BCUT2D eigenvalue weighted by Crippen LogP contribution is -2.37. The molecule has 0 atom stereocenters. The van der Waals surface area contributed by atoms with E-state index >= 15 is 0 Å². The minimum atomic E-state index is -0.755. The van der Waals surface area contributed by atoms with E-state index in [1.54, 1.807) is 18.2 Å². The largest absolute Gasteiger partial charge is 0.423 e. The second-order valence-electron chi connectivity index (χ2n) is 8.16. The third-order valence-corrected chi connectivity index (χ3v) is 6.00. The van der Waals surface area contributed by atoms with Crippen molar-refractivity contribution >= 4 is 22.1 Å². The summed E-state index contributed by atoms with van der Waals surface area (Å²) in [6, 6.07) is 16.4. The van der Waals surface area contributed by atoms with E-state index in [0.717, 1.165) is 37.3 Å². The molecule has 2 bridgehead atoms. The van der Waals surface area contributed by atoms with Crippen LogP contribution in [0.15, 0.2) is 83.9 Å². The van der Waals surface area contributed by atoms with Gasteiger partial charge in [0.05, 0.1) is 24.2 Å². The van der Waals surface area contributed by atoms with Gasteiger partial charge in [0.2, 0.25) is 5.71 Å². The summed E-state index contributed by atoms with van der Waals surface area (Å²) in [6.07, 6.45) is 0.689. The maximum atomic E-state index is 13.6. The van der Waals surface area contributed by atoms with Crippen LogP contribution in [0.2, 0.25) is 0 Å². The maximum absolute atomic E-state index is 13.6. The van der Waals surface area contributed by atoms with Crippen LogP contribution in [-0.4, -0.2) is 42.3 Å². The smallest absolute Gasteiger partial charge is 0.337 e. The van der Waals surface area contributed by atoms with E-state index in [1.165, 1.54) is 4.57 Å². The molecule has 0 aliphatic carbocycles. The van der Waals surface area contributed by atoms with Crippen molar-refractivity contribution in [3.63, 3.8) is 0 Å². The van der Waals surface area contributed by atoms with Gasteiger partial charge < -0.3 is 13.6 Å². The fourth-order valence-electron chi connectivity index (χ4n) is 4.40. The van der Waals surface area contributed by atoms with Gasteiger partial charge in [-0.05, 0) is 24.1 Å². The number of nitrogens with zero attached hydrogens (tertiary/aromatic N) is 2. The molecular weight excluding hydrogens is 436 g/mol. The summed E-state index contributed by atoms with van der Waals surface area (Å²) in [5.74, 6) is 0. The predicted molar refractivity (Wildman–Crippen MR) is 129 cm³/mol. The molecule has 0 unspecified atom stereocenters. The highest BCUT2D eigenvalue weighted by atomic mass is 16.5. The third-order valence-electron chi connectivity index (χ3n) is 6.00. The van der Waals surface area contributed by atoms with Gasteiger partial charge in [-0.3, -0.25) is 14.3 Å². The molecular formula is C26H24N2O6. The van der Waals surface area contributed by atoms with Gasteiger partial charge in [0, 0.05) is 43.7 Å². The second-order valence-corrected chi connectivity index (χ2v) is 8.16. The van der Waals surface area contributed by atoms with Crippen LogP contribution < -0.4 is 16.8 Å². The maximum Gasteiger partial charge on any atom is 0.337 e. The van der Waals surface area contributed by atoms with Crippen molar-refractivity contribution in [2.24, 2.45) is 0 Å². The summed E-state index contributed by atoms with van der Waals surface area (Å²) in [6.45, 7) is 4.25. The average molecular weight is 460 g/mol. The third kappa shape index (κ3) is 4.37. The summed E-state index contributed by atoms with van der Waals surface area (Å²) < 4.78 is 18.2. The van der Waals surface area contributed by atoms with E-state index in [0.29, 0.717) is 42.5 Å². The van der Waals surface area contributed by atoms with Gasteiger partial charge in [-0.15, -0.1) is 0 Å². The van der Waals surface area contributed by atoms with Gasteiger partial charge in [0.25, 0.3) is 5.56 Å². The van der Waals surface area contributed by atoms with Crippen molar-refractivity contribution in [2.45, 2.75) is 13.0 Å². The molecule has 0 saturated carbocycles. The van der Waals surface area contributed by atoms with Crippen LogP contribution in [0.3, 0.4) is 0 Å². The number of fused-ring (bicyclic) bond motifs is 1. The van der Waals surface area contributed by atoms with Crippen LogP contribution in [0.1, 0.15) is 6.42 Å². The quantitative estimate of drug-likeness (QED) is 0.452. The number of pyridine rings is 1. The van der Waals surface area contributed by atoms with E-state index in [2.05, 4.69) is 4.90 Å². The Balaban J connectivity index is 1.80. The standard InChI is InChI=1S/C26H24N2O6/c29-21-10-11-22(30)34-26-23(18-6-2-1-3-7-18)24-19(8-4-9-20(24)33-21)25(31)28(26)13-5-12-27-14-16-32-17-15-27/h1-4,6-11H,5,12-17H2. The molecule has 1 fully saturated rings. The highest BCUT2D eigenvalue weighted by molar-refractivity contribution is 6.09. The zero-order valence-corrected chi connectivity index (χ0v) is 18.6. The first kappa shape index (κ1) is 22.1. The van der Waals surface area contributed by atoms with Gasteiger partial charge >= 0.3 is 11.3 Å². The fraction of sp³-hybridized carbons (Fsp3) is 0.269. The molecule has 0 N–H and O–H groups in total. The van der Waals surface area contributed by atoms with E-state index in [-0.39, 0.29) is 16.9 Å². The number of morpholine rings is 1. The molecule has 2 aromatic heterocycles. The second kappa shape index (κ2) is 9.62. The molecule has 3 heterocycles. The van der Waals surface area contributed by atoms with Crippen molar-refractivity contribution < 1.29 is 13.6 Å². The minimum Gasteiger partial charge on any atom is -0.423 e. The van der Waals surface area contributed by atoms with Crippen molar-refractivity contribution in [3.05, 3.63) is 91.9 Å². The lowest BCUT2D eigenvalue weighted by atomic mass is 9.99. The SMILES string of the molecule is O=c1ccc(=O)oc2c(-c3ccccc3)c3c(cccc3c(=O)n2CCCN2CCOCC2)o1. The molecule has 8 nitrogen and oxygen atoms in total. The van der Waals surface area contributed by atoms with Crippen molar-refractivity contribution in [1.29, 1.82) is 0 Å². The van der Waals surface area contributed by atoms with Crippen molar-refractivity contribution in [1.82, 2.24) is 9.47 Å². The average Bonchev–Trinajstić information content (AvgIpc) is 2.86. The number of aryl methyl sites for hydroxylation is 1. The highest BCUT2D eigenvalue weighted by Gasteiger charge is 2.20. The van der Waals surface area contributed by atoms with Crippen LogP contribution in [0.4, 0.5) is 0 Å².